The van der Waals surface area contributed by atoms with Gasteiger partial charge >= 0.3 is 5.69 Å². The number of aromatic nitrogens is 2. The average molecular weight is 353 g/mol. The minimum Gasteiger partial charge on any atom is -0.492 e. The number of para-hydroxylation sites is 1. The van der Waals surface area contributed by atoms with E-state index in [1.54, 1.807) is 19.1 Å². The second-order valence-electron chi connectivity index (χ2n) is 5.66. The van der Waals surface area contributed by atoms with Crippen LogP contribution in [0.25, 0.3) is 10.9 Å². The van der Waals surface area contributed by atoms with Crippen molar-refractivity contribution in [2.45, 2.75) is 13.5 Å². The SMILES string of the molecule is CCn1c(=O)[nH]c2cc(C(=O)NCCOc3ccccc3)ccc2c1=O. The Kier molecular flexibility index (Phi) is 5.17. The molecule has 0 atom stereocenters. The molecule has 0 aliphatic heterocycles. The molecule has 3 aromatic rings. The number of benzene rings is 2. The first-order valence-electron chi connectivity index (χ1n) is 8.33. The highest BCUT2D eigenvalue weighted by atomic mass is 16.5. The molecule has 0 bridgehead atoms. The molecule has 0 unspecified atom stereocenters. The number of hydrogen-bond donors (Lipinski definition) is 2. The summed E-state index contributed by atoms with van der Waals surface area (Å²) in [4.78, 5) is 39.0. The van der Waals surface area contributed by atoms with Crippen molar-refractivity contribution < 1.29 is 9.53 Å². The summed E-state index contributed by atoms with van der Waals surface area (Å²) in [5.41, 5.74) is -0.146. The highest BCUT2D eigenvalue weighted by molar-refractivity contribution is 5.97. The summed E-state index contributed by atoms with van der Waals surface area (Å²) in [6.45, 7) is 2.68. The first-order chi connectivity index (χ1) is 12.6. The number of rotatable bonds is 6. The normalized spacial score (nSPS) is 10.7. The minimum absolute atomic E-state index is 0.285. The Balaban J connectivity index is 1.69. The molecule has 0 aliphatic carbocycles. The molecule has 0 aliphatic rings. The Morgan fingerprint density at radius 2 is 1.92 bits per heavy atom. The summed E-state index contributed by atoms with van der Waals surface area (Å²) in [6, 6.07) is 13.9. The molecule has 0 spiro atoms. The molecule has 7 heteroatoms. The first-order valence-corrected chi connectivity index (χ1v) is 8.33. The maximum atomic E-state index is 12.3. The van der Waals surface area contributed by atoms with Crippen LogP contribution in [0.2, 0.25) is 0 Å². The third-order valence-electron chi connectivity index (χ3n) is 3.96. The van der Waals surface area contributed by atoms with Crippen LogP contribution in [0.5, 0.6) is 5.75 Å². The smallest absolute Gasteiger partial charge is 0.328 e. The van der Waals surface area contributed by atoms with E-state index in [2.05, 4.69) is 10.3 Å². The number of H-pyrrole nitrogens is 1. The summed E-state index contributed by atoms with van der Waals surface area (Å²) in [5.74, 6) is 0.432. The fourth-order valence-electron chi connectivity index (χ4n) is 2.64. The van der Waals surface area contributed by atoms with Gasteiger partial charge in [-0.15, -0.1) is 0 Å². The largest absolute Gasteiger partial charge is 0.492 e. The second-order valence-corrected chi connectivity index (χ2v) is 5.66. The van der Waals surface area contributed by atoms with E-state index in [1.165, 1.54) is 6.07 Å². The molecule has 0 saturated heterocycles. The number of carbonyl (C=O) groups is 1. The van der Waals surface area contributed by atoms with Gasteiger partial charge in [0.2, 0.25) is 0 Å². The molecule has 134 valence electrons. The van der Waals surface area contributed by atoms with Gasteiger partial charge in [0.25, 0.3) is 11.5 Å². The van der Waals surface area contributed by atoms with Gasteiger partial charge in [0, 0.05) is 12.1 Å². The Bertz CT molecular complexity index is 1040. The van der Waals surface area contributed by atoms with Crippen molar-refractivity contribution in [1.29, 1.82) is 0 Å². The lowest BCUT2D eigenvalue weighted by Gasteiger charge is -2.09. The zero-order valence-corrected chi connectivity index (χ0v) is 14.3. The number of amides is 1. The Morgan fingerprint density at radius 3 is 2.65 bits per heavy atom. The van der Waals surface area contributed by atoms with Crippen molar-refractivity contribution in [2.75, 3.05) is 13.2 Å². The van der Waals surface area contributed by atoms with Gasteiger partial charge < -0.3 is 15.0 Å². The van der Waals surface area contributed by atoms with Crippen LogP contribution in [0, 0.1) is 0 Å². The van der Waals surface area contributed by atoms with Gasteiger partial charge in [0.15, 0.2) is 0 Å². The topological polar surface area (TPSA) is 93.2 Å². The lowest BCUT2D eigenvalue weighted by atomic mass is 10.1. The predicted octanol–water partition coefficient (Wildman–Crippen LogP) is 1.52. The maximum absolute atomic E-state index is 12.3. The first kappa shape index (κ1) is 17.5. The maximum Gasteiger partial charge on any atom is 0.328 e. The van der Waals surface area contributed by atoms with E-state index in [0.717, 1.165) is 10.3 Å². The van der Waals surface area contributed by atoms with Crippen molar-refractivity contribution in [1.82, 2.24) is 14.9 Å². The molecule has 26 heavy (non-hydrogen) atoms. The van der Waals surface area contributed by atoms with Crippen LogP contribution in [0.15, 0.2) is 58.1 Å². The van der Waals surface area contributed by atoms with Crippen molar-refractivity contribution in [3.8, 4) is 5.75 Å². The summed E-state index contributed by atoms with van der Waals surface area (Å²) in [5, 5.41) is 3.12. The average Bonchev–Trinajstić information content (AvgIpc) is 2.65. The zero-order valence-electron chi connectivity index (χ0n) is 14.3. The number of aromatic amines is 1. The van der Waals surface area contributed by atoms with Gasteiger partial charge in [-0.25, -0.2) is 4.79 Å². The van der Waals surface area contributed by atoms with Crippen molar-refractivity contribution in [3.63, 3.8) is 0 Å². The molecule has 2 aromatic carbocycles. The fourth-order valence-corrected chi connectivity index (χ4v) is 2.64. The van der Waals surface area contributed by atoms with Gasteiger partial charge in [-0.05, 0) is 37.3 Å². The Labute approximate surface area is 149 Å². The van der Waals surface area contributed by atoms with Crippen LogP contribution in [0.1, 0.15) is 17.3 Å². The summed E-state index contributed by atoms with van der Waals surface area (Å²) >= 11 is 0. The third-order valence-corrected chi connectivity index (χ3v) is 3.96. The van der Waals surface area contributed by atoms with Crippen molar-refractivity contribution in [2.24, 2.45) is 0 Å². The molecule has 1 heterocycles. The Hall–Kier alpha value is -3.35. The van der Waals surface area contributed by atoms with Gasteiger partial charge in [-0.2, -0.15) is 0 Å². The predicted molar refractivity (Wildman–Crippen MR) is 98.8 cm³/mol. The van der Waals surface area contributed by atoms with Crippen LogP contribution in [-0.2, 0) is 6.54 Å². The van der Waals surface area contributed by atoms with Gasteiger partial charge in [-0.1, -0.05) is 18.2 Å². The fraction of sp³-hybridized carbons (Fsp3) is 0.211. The lowest BCUT2D eigenvalue weighted by molar-refractivity contribution is 0.0947. The van der Waals surface area contributed by atoms with E-state index in [4.69, 9.17) is 4.74 Å². The molecule has 0 fully saturated rings. The summed E-state index contributed by atoms with van der Waals surface area (Å²) in [6.07, 6.45) is 0. The number of ether oxygens (including phenoxy) is 1. The lowest BCUT2D eigenvalue weighted by Crippen LogP contribution is -2.34. The standard InChI is InChI=1S/C19H19N3O4/c1-2-22-18(24)15-9-8-13(12-16(15)21-19(22)25)17(23)20-10-11-26-14-6-4-3-5-7-14/h3-9,12H,2,10-11H2,1H3,(H,20,23)(H,21,25). The van der Waals surface area contributed by atoms with E-state index in [0.29, 0.717) is 29.6 Å². The molecule has 3 rings (SSSR count). The van der Waals surface area contributed by atoms with Crippen LogP contribution in [-0.4, -0.2) is 28.6 Å². The van der Waals surface area contributed by atoms with Gasteiger partial charge in [0.1, 0.15) is 12.4 Å². The molecule has 0 radical (unpaired) electrons. The quantitative estimate of drug-likeness (QED) is 0.657. The van der Waals surface area contributed by atoms with E-state index < -0.39 is 5.69 Å². The van der Waals surface area contributed by atoms with Crippen LogP contribution in [0.4, 0.5) is 0 Å². The van der Waals surface area contributed by atoms with Gasteiger partial charge in [-0.3, -0.25) is 14.2 Å². The molecule has 1 amide bonds. The van der Waals surface area contributed by atoms with Crippen molar-refractivity contribution in [3.05, 3.63) is 74.9 Å². The molecule has 2 N–H and O–H groups in total. The van der Waals surface area contributed by atoms with E-state index in [1.807, 2.05) is 30.3 Å². The summed E-state index contributed by atoms with van der Waals surface area (Å²) in [7, 11) is 0. The van der Waals surface area contributed by atoms with Crippen LogP contribution < -0.4 is 21.3 Å². The van der Waals surface area contributed by atoms with Crippen molar-refractivity contribution >= 4 is 16.8 Å². The number of nitrogens with zero attached hydrogens (tertiary/aromatic N) is 1. The number of fused-ring (bicyclic) bond motifs is 1. The van der Waals surface area contributed by atoms with E-state index >= 15 is 0 Å². The molecular formula is C19H19N3O4. The zero-order chi connectivity index (χ0) is 18.5. The second kappa shape index (κ2) is 7.69. The third kappa shape index (κ3) is 3.66. The van der Waals surface area contributed by atoms with E-state index in [-0.39, 0.29) is 18.0 Å². The Morgan fingerprint density at radius 1 is 1.15 bits per heavy atom. The summed E-state index contributed by atoms with van der Waals surface area (Å²) < 4.78 is 6.63. The molecule has 0 saturated carbocycles. The monoisotopic (exact) mass is 353 g/mol. The highest BCUT2D eigenvalue weighted by Gasteiger charge is 2.10. The van der Waals surface area contributed by atoms with Gasteiger partial charge in [0.05, 0.1) is 17.4 Å². The number of hydrogen-bond acceptors (Lipinski definition) is 4. The number of nitrogens with one attached hydrogen (secondary N) is 2. The van der Waals surface area contributed by atoms with Crippen LogP contribution in [0.3, 0.4) is 0 Å². The molecule has 1 aromatic heterocycles. The minimum atomic E-state index is -0.487. The number of carbonyl (C=O) groups excluding carboxylic acids is 1. The molecule has 7 nitrogen and oxygen atoms in total. The van der Waals surface area contributed by atoms with Crippen LogP contribution >= 0.6 is 0 Å². The highest BCUT2D eigenvalue weighted by Crippen LogP contribution is 2.10. The van der Waals surface area contributed by atoms with E-state index in [9.17, 15) is 14.4 Å². The molecular weight excluding hydrogens is 334 g/mol.